The van der Waals surface area contributed by atoms with Crippen molar-refractivity contribution >= 4 is 5.91 Å². The summed E-state index contributed by atoms with van der Waals surface area (Å²) < 4.78 is 7.38. The van der Waals surface area contributed by atoms with Gasteiger partial charge >= 0.3 is 0 Å². The van der Waals surface area contributed by atoms with Crippen LogP contribution < -0.4 is 15.8 Å². The van der Waals surface area contributed by atoms with E-state index in [1.54, 1.807) is 13.3 Å². The van der Waals surface area contributed by atoms with E-state index in [0.29, 0.717) is 13.1 Å². The molecular weight excluding hydrogens is 330 g/mol. The lowest BCUT2D eigenvalue weighted by Crippen LogP contribution is -2.43. The van der Waals surface area contributed by atoms with Gasteiger partial charge in [-0.1, -0.05) is 12.1 Å². The Kier molecular flexibility index (Phi) is 6.25. The number of rotatable bonds is 7. The van der Waals surface area contributed by atoms with Gasteiger partial charge in [0.2, 0.25) is 5.91 Å². The van der Waals surface area contributed by atoms with E-state index >= 15 is 0 Å². The van der Waals surface area contributed by atoms with Crippen molar-refractivity contribution in [2.24, 2.45) is 11.7 Å². The third-order valence-electron chi connectivity index (χ3n) is 4.74. The van der Waals surface area contributed by atoms with Crippen molar-refractivity contribution in [3.8, 4) is 11.4 Å². The number of nitrogens with one attached hydrogen (secondary N) is 1. The molecule has 7 nitrogen and oxygen atoms in total. The number of carbonyl (C=O) groups excluding carboxylic acids is 1. The fourth-order valence-electron chi connectivity index (χ4n) is 3.45. The van der Waals surface area contributed by atoms with Crippen LogP contribution in [-0.2, 0) is 11.3 Å². The van der Waals surface area contributed by atoms with Crippen molar-refractivity contribution in [1.82, 2.24) is 20.0 Å². The second kappa shape index (κ2) is 8.82. The number of para-hydroxylation sites is 2. The summed E-state index contributed by atoms with van der Waals surface area (Å²) >= 11 is 0. The van der Waals surface area contributed by atoms with Gasteiger partial charge < -0.3 is 15.8 Å². The number of benzene rings is 1. The largest absolute Gasteiger partial charge is 0.494 e. The summed E-state index contributed by atoms with van der Waals surface area (Å²) in [7, 11) is 1.66. The van der Waals surface area contributed by atoms with Gasteiger partial charge in [-0.25, -0.2) is 4.68 Å². The molecule has 2 aromatic rings. The smallest absolute Gasteiger partial charge is 0.224 e. The van der Waals surface area contributed by atoms with Gasteiger partial charge in [0.05, 0.1) is 18.7 Å². The van der Waals surface area contributed by atoms with Crippen LogP contribution in [0.3, 0.4) is 0 Å². The fraction of sp³-hybridized carbons (Fsp3) is 0.474. The molecule has 1 amide bonds. The van der Waals surface area contributed by atoms with E-state index < -0.39 is 0 Å². The lowest BCUT2D eigenvalue weighted by atomic mass is 9.97. The maximum absolute atomic E-state index is 12.2. The van der Waals surface area contributed by atoms with Crippen LogP contribution in [0.2, 0.25) is 0 Å². The van der Waals surface area contributed by atoms with E-state index in [1.807, 2.05) is 35.0 Å². The third-order valence-corrected chi connectivity index (χ3v) is 4.74. The average Bonchev–Trinajstić information content (AvgIpc) is 3.14. The first-order valence-corrected chi connectivity index (χ1v) is 9.09. The van der Waals surface area contributed by atoms with E-state index in [-0.39, 0.29) is 11.8 Å². The number of aromatic nitrogens is 2. The molecule has 1 fully saturated rings. The zero-order valence-corrected chi connectivity index (χ0v) is 15.2. The Morgan fingerprint density at radius 3 is 3.04 bits per heavy atom. The Morgan fingerprint density at radius 2 is 2.23 bits per heavy atom. The summed E-state index contributed by atoms with van der Waals surface area (Å²) in [6, 6.07) is 9.86. The molecule has 1 aromatic heterocycles. The first-order chi connectivity index (χ1) is 12.7. The maximum Gasteiger partial charge on any atom is 0.224 e. The molecule has 0 bridgehead atoms. The van der Waals surface area contributed by atoms with Crippen LogP contribution in [0.25, 0.3) is 5.69 Å². The molecule has 2 heterocycles. The Hall–Kier alpha value is -2.38. The summed E-state index contributed by atoms with van der Waals surface area (Å²) in [5.41, 5.74) is 7.48. The maximum atomic E-state index is 12.2. The minimum atomic E-state index is 0.0259. The molecular formula is C19H27N5O2. The van der Waals surface area contributed by atoms with Crippen LogP contribution in [0.1, 0.15) is 18.5 Å². The van der Waals surface area contributed by atoms with E-state index in [0.717, 1.165) is 49.6 Å². The molecule has 3 rings (SSSR count). The molecule has 1 aromatic carbocycles. The average molecular weight is 357 g/mol. The minimum absolute atomic E-state index is 0.0259. The molecule has 140 valence electrons. The third kappa shape index (κ3) is 4.23. The Balaban J connectivity index is 1.70. The molecule has 1 saturated heterocycles. The van der Waals surface area contributed by atoms with Crippen LogP contribution in [0.5, 0.6) is 5.75 Å². The quantitative estimate of drug-likeness (QED) is 0.777. The molecule has 1 atom stereocenters. The highest BCUT2D eigenvalue weighted by molar-refractivity contribution is 5.78. The predicted molar refractivity (Wildman–Crippen MR) is 100 cm³/mol. The number of nitrogens with two attached hydrogens (primary N) is 1. The standard InChI is InChI=1S/C19H27N5O2/c1-26-18-7-3-2-6-17(18)24-16(8-10-22-24)14-23-12-4-5-15(13-23)19(25)21-11-9-20/h2-3,6-8,10,15H,4-5,9,11-14,20H2,1H3,(H,21,25). The lowest BCUT2D eigenvalue weighted by Gasteiger charge is -2.32. The Bertz CT molecular complexity index is 730. The number of likely N-dealkylation sites (tertiary alicyclic amines) is 1. The molecule has 1 unspecified atom stereocenters. The zero-order valence-electron chi connectivity index (χ0n) is 15.2. The number of hydrogen-bond donors (Lipinski definition) is 2. The normalized spacial score (nSPS) is 17.8. The molecule has 0 aliphatic carbocycles. The SMILES string of the molecule is COc1ccccc1-n1nccc1CN1CCCC(C(=O)NCCN)C1. The highest BCUT2D eigenvalue weighted by Gasteiger charge is 2.26. The predicted octanol–water partition coefficient (Wildman–Crippen LogP) is 1.17. The summed E-state index contributed by atoms with van der Waals surface area (Å²) in [6.07, 6.45) is 3.75. The van der Waals surface area contributed by atoms with E-state index in [4.69, 9.17) is 10.5 Å². The number of methoxy groups -OCH3 is 1. The number of carbonyl (C=O) groups is 1. The van der Waals surface area contributed by atoms with Gasteiger partial charge in [0, 0.05) is 32.4 Å². The molecule has 3 N–H and O–H groups in total. The molecule has 0 saturated carbocycles. The lowest BCUT2D eigenvalue weighted by molar-refractivity contribution is -0.126. The van der Waals surface area contributed by atoms with E-state index in [1.165, 1.54) is 0 Å². The van der Waals surface area contributed by atoms with Crippen LogP contribution >= 0.6 is 0 Å². The monoisotopic (exact) mass is 357 g/mol. The number of ether oxygens (including phenoxy) is 1. The number of piperidine rings is 1. The van der Waals surface area contributed by atoms with Gasteiger partial charge in [-0.2, -0.15) is 5.10 Å². The van der Waals surface area contributed by atoms with Gasteiger partial charge in [-0.05, 0) is 37.6 Å². The van der Waals surface area contributed by atoms with Crippen molar-refractivity contribution in [2.75, 3.05) is 33.3 Å². The van der Waals surface area contributed by atoms with Gasteiger partial charge in [0.25, 0.3) is 0 Å². The van der Waals surface area contributed by atoms with Crippen molar-refractivity contribution in [1.29, 1.82) is 0 Å². The number of nitrogens with zero attached hydrogens (tertiary/aromatic N) is 3. The van der Waals surface area contributed by atoms with Crippen molar-refractivity contribution in [3.05, 3.63) is 42.2 Å². The first-order valence-electron chi connectivity index (χ1n) is 9.09. The number of hydrogen-bond acceptors (Lipinski definition) is 5. The highest BCUT2D eigenvalue weighted by Crippen LogP contribution is 2.24. The minimum Gasteiger partial charge on any atom is -0.494 e. The highest BCUT2D eigenvalue weighted by atomic mass is 16.5. The molecule has 1 aliphatic heterocycles. The molecule has 26 heavy (non-hydrogen) atoms. The van der Waals surface area contributed by atoms with Crippen molar-refractivity contribution < 1.29 is 9.53 Å². The van der Waals surface area contributed by atoms with Gasteiger partial charge in [0.15, 0.2) is 0 Å². The van der Waals surface area contributed by atoms with Crippen LogP contribution in [-0.4, -0.2) is 53.9 Å². The van der Waals surface area contributed by atoms with E-state index in [9.17, 15) is 4.79 Å². The van der Waals surface area contributed by atoms with Gasteiger partial charge in [0.1, 0.15) is 11.4 Å². The summed E-state index contributed by atoms with van der Waals surface area (Å²) in [5.74, 6) is 0.923. The summed E-state index contributed by atoms with van der Waals surface area (Å²) in [4.78, 5) is 14.6. The second-order valence-electron chi connectivity index (χ2n) is 6.56. The molecule has 1 aliphatic rings. The first kappa shape index (κ1) is 18.4. The second-order valence-corrected chi connectivity index (χ2v) is 6.56. The summed E-state index contributed by atoms with van der Waals surface area (Å²) in [6.45, 7) is 3.50. The van der Waals surface area contributed by atoms with Crippen LogP contribution in [0, 0.1) is 5.92 Å². The molecule has 0 radical (unpaired) electrons. The molecule has 0 spiro atoms. The van der Waals surface area contributed by atoms with Crippen LogP contribution in [0.4, 0.5) is 0 Å². The topological polar surface area (TPSA) is 85.4 Å². The summed E-state index contributed by atoms with van der Waals surface area (Å²) in [5, 5.41) is 7.38. The van der Waals surface area contributed by atoms with E-state index in [2.05, 4.69) is 15.3 Å². The van der Waals surface area contributed by atoms with Gasteiger partial charge in [-0.15, -0.1) is 0 Å². The Morgan fingerprint density at radius 1 is 1.38 bits per heavy atom. The number of amides is 1. The fourth-order valence-corrected chi connectivity index (χ4v) is 3.45. The van der Waals surface area contributed by atoms with Crippen molar-refractivity contribution in [3.63, 3.8) is 0 Å². The zero-order chi connectivity index (χ0) is 18.4. The molecule has 7 heteroatoms. The van der Waals surface area contributed by atoms with Gasteiger partial charge in [-0.3, -0.25) is 9.69 Å². The van der Waals surface area contributed by atoms with Crippen molar-refractivity contribution in [2.45, 2.75) is 19.4 Å². The Labute approximate surface area is 154 Å². The van der Waals surface area contributed by atoms with Crippen LogP contribution in [0.15, 0.2) is 36.5 Å².